The number of benzene rings is 1. The Labute approximate surface area is 229 Å². The highest BCUT2D eigenvalue weighted by Crippen LogP contribution is 2.49. The topological polar surface area (TPSA) is 138 Å². The molecule has 0 aromatic heterocycles. The van der Waals surface area contributed by atoms with Crippen LogP contribution in [-0.4, -0.2) is 48.7 Å². The van der Waals surface area contributed by atoms with E-state index in [0.717, 1.165) is 32.1 Å². The summed E-state index contributed by atoms with van der Waals surface area (Å²) in [4.78, 5) is 38.5. The third-order valence-electron chi connectivity index (χ3n) is 9.82. The summed E-state index contributed by atoms with van der Waals surface area (Å²) < 4.78 is 11.7. The monoisotopic (exact) mass is 537 g/mol. The molecule has 4 aliphatic rings. The van der Waals surface area contributed by atoms with Crippen molar-refractivity contribution in [1.82, 2.24) is 10.6 Å². The first-order valence-electron chi connectivity index (χ1n) is 14.2. The van der Waals surface area contributed by atoms with Crippen molar-refractivity contribution in [2.75, 3.05) is 13.7 Å². The second-order valence-corrected chi connectivity index (χ2v) is 12.7. The second-order valence-electron chi connectivity index (χ2n) is 12.7. The number of nitrogens with one attached hydrogen (secondary N) is 2. The van der Waals surface area contributed by atoms with Gasteiger partial charge in [-0.15, -0.1) is 0 Å². The van der Waals surface area contributed by atoms with Crippen molar-refractivity contribution in [2.45, 2.75) is 83.8 Å². The number of aliphatic carboxylic acids is 1. The van der Waals surface area contributed by atoms with Crippen molar-refractivity contribution in [1.29, 1.82) is 5.26 Å². The van der Waals surface area contributed by atoms with Gasteiger partial charge in [0.15, 0.2) is 0 Å². The standard InChI is InChI=1S/C30H39N3O6/c1-29(10-11-29)16-32-27(35)24-17-4-5-18(12-17)25(24)33-26(34)21-14-22(19(15-31)13-23(21)38-3)39-20-6-8-30(2,9-7-20)28(36)37/h13-14,17-18,20,24-25H,4-12,16H2,1-3H3,(H,32,35)(H,33,34)(H,36,37)/t17-,18+,20-,24+,25-,30+/m1/s1. The van der Waals surface area contributed by atoms with Gasteiger partial charge in [-0.2, -0.15) is 5.26 Å². The molecule has 4 fully saturated rings. The van der Waals surface area contributed by atoms with Crippen LogP contribution in [0.2, 0.25) is 0 Å². The lowest BCUT2D eigenvalue weighted by Gasteiger charge is -2.34. The van der Waals surface area contributed by atoms with Gasteiger partial charge in [-0.3, -0.25) is 14.4 Å². The van der Waals surface area contributed by atoms with Gasteiger partial charge >= 0.3 is 5.97 Å². The van der Waals surface area contributed by atoms with Crippen LogP contribution >= 0.6 is 0 Å². The number of hydrogen-bond acceptors (Lipinski definition) is 6. The normalized spacial score (nSPS) is 32.1. The number of fused-ring (bicyclic) bond motifs is 2. The van der Waals surface area contributed by atoms with Crippen LogP contribution in [0.5, 0.6) is 11.5 Å². The summed E-state index contributed by atoms with van der Waals surface area (Å²) in [6, 6.07) is 4.93. The number of ether oxygens (including phenoxy) is 2. The van der Waals surface area contributed by atoms with Gasteiger partial charge in [-0.25, -0.2) is 0 Å². The Hall–Kier alpha value is -3.28. The minimum atomic E-state index is -0.809. The van der Waals surface area contributed by atoms with E-state index in [1.807, 2.05) is 0 Å². The summed E-state index contributed by atoms with van der Waals surface area (Å²) in [5.41, 5.74) is -0.0585. The van der Waals surface area contributed by atoms with E-state index in [9.17, 15) is 24.8 Å². The molecule has 39 heavy (non-hydrogen) atoms. The third-order valence-corrected chi connectivity index (χ3v) is 9.82. The number of nitrogens with zero attached hydrogens (tertiary/aromatic N) is 1. The average Bonchev–Trinajstić information content (AvgIpc) is 3.32. The Morgan fingerprint density at radius 2 is 1.74 bits per heavy atom. The number of carboxylic acids is 1. The first-order valence-corrected chi connectivity index (χ1v) is 14.2. The molecule has 0 spiro atoms. The van der Waals surface area contributed by atoms with Crippen LogP contribution in [0.3, 0.4) is 0 Å². The minimum absolute atomic E-state index is 0.0297. The summed E-state index contributed by atoms with van der Waals surface area (Å²) in [6.45, 7) is 4.61. The lowest BCUT2D eigenvalue weighted by atomic mass is 9.75. The number of methoxy groups -OCH3 is 1. The van der Waals surface area contributed by atoms with E-state index >= 15 is 0 Å². The van der Waals surface area contributed by atoms with Crippen molar-refractivity contribution >= 4 is 17.8 Å². The Balaban J connectivity index is 1.32. The molecule has 1 aromatic rings. The molecule has 2 amide bonds. The van der Waals surface area contributed by atoms with E-state index in [2.05, 4.69) is 23.6 Å². The van der Waals surface area contributed by atoms with E-state index in [4.69, 9.17) is 9.47 Å². The number of rotatable bonds is 9. The zero-order chi connectivity index (χ0) is 27.9. The van der Waals surface area contributed by atoms with Gasteiger partial charge in [0.1, 0.15) is 17.6 Å². The summed E-state index contributed by atoms with van der Waals surface area (Å²) in [6.07, 6.45) is 7.00. The largest absolute Gasteiger partial charge is 0.496 e. The van der Waals surface area contributed by atoms with Gasteiger partial charge in [0, 0.05) is 18.7 Å². The SMILES string of the molecule is COc1cc(C#N)c(O[C@H]2CC[C@@](C)(C(=O)O)CC2)cc1C(=O)N[C@@H]1[C@H]2CC[C@H](C2)[C@@H]1C(=O)NCC1(C)CC1. The molecule has 0 saturated heterocycles. The van der Waals surface area contributed by atoms with Gasteiger partial charge in [0.2, 0.25) is 5.91 Å². The molecule has 0 heterocycles. The molecular formula is C30H39N3O6. The van der Waals surface area contributed by atoms with Crippen LogP contribution < -0.4 is 20.1 Å². The smallest absolute Gasteiger partial charge is 0.309 e. The molecule has 4 saturated carbocycles. The van der Waals surface area contributed by atoms with Crippen LogP contribution in [0.1, 0.15) is 87.6 Å². The van der Waals surface area contributed by atoms with Crippen LogP contribution in [0, 0.1) is 39.9 Å². The van der Waals surface area contributed by atoms with Gasteiger partial charge < -0.3 is 25.2 Å². The summed E-state index contributed by atoms with van der Waals surface area (Å²) in [7, 11) is 1.45. The number of carbonyl (C=O) groups is 3. The highest BCUT2D eigenvalue weighted by molar-refractivity contribution is 5.98. The fraction of sp³-hybridized carbons (Fsp3) is 0.667. The molecule has 9 nitrogen and oxygen atoms in total. The van der Waals surface area contributed by atoms with Crippen LogP contribution in [-0.2, 0) is 9.59 Å². The Morgan fingerprint density at radius 1 is 1.05 bits per heavy atom. The zero-order valence-electron chi connectivity index (χ0n) is 23.0. The molecule has 9 heteroatoms. The first-order chi connectivity index (χ1) is 18.6. The maximum absolute atomic E-state index is 13.6. The average molecular weight is 538 g/mol. The highest BCUT2D eigenvalue weighted by atomic mass is 16.5. The minimum Gasteiger partial charge on any atom is -0.496 e. The Bertz CT molecular complexity index is 1190. The van der Waals surface area contributed by atoms with Crippen molar-refractivity contribution < 1.29 is 29.0 Å². The molecule has 2 bridgehead atoms. The van der Waals surface area contributed by atoms with Crippen LogP contribution in [0.15, 0.2) is 12.1 Å². The molecular weight excluding hydrogens is 498 g/mol. The molecule has 3 N–H and O–H groups in total. The molecule has 0 aliphatic heterocycles. The maximum Gasteiger partial charge on any atom is 0.309 e. The molecule has 5 rings (SSSR count). The number of amides is 2. The van der Waals surface area contributed by atoms with Crippen LogP contribution in [0.25, 0.3) is 0 Å². The lowest BCUT2D eigenvalue weighted by Crippen LogP contribution is -2.50. The van der Waals surface area contributed by atoms with E-state index in [0.29, 0.717) is 32.2 Å². The van der Waals surface area contributed by atoms with E-state index < -0.39 is 11.4 Å². The number of hydrogen-bond donors (Lipinski definition) is 3. The predicted octanol–water partition coefficient (Wildman–Crippen LogP) is 4.04. The van der Waals surface area contributed by atoms with Crippen molar-refractivity contribution in [3.63, 3.8) is 0 Å². The number of nitriles is 1. The van der Waals surface area contributed by atoms with Crippen molar-refractivity contribution in [2.24, 2.45) is 28.6 Å². The van der Waals surface area contributed by atoms with Gasteiger partial charge in [-0.1, -0.05) is 6.92 Å². The molecule has 210 valence electrons. The molecule has 4 aliphatic carbocycles. The Kier molecular flexibility index (Phi) is 7.25. The Morgan fingerprint density at radius 3 is 2.36 bits per heavy atom. The van der Waals surface area contributed by atoms with E-state index in [1.165, 1.54) is 13.2 Å². The van der Waals surface area contributed by atoms with Gasteiger partial charge in [-0.05, 0) is 88.0 Å². The number of carbonyl (C=O) groups excluding carboxylic acids is 2. The summed E-state index contributed by atoms with van der Waals surface area (Å²) in [5.74, 6) is -0.294. The molecule has 4 atom stereocenters. The van der Waals surface area contributed by atoms with E-state index in [1.54, 1.807) is 13.0 Å². The van der Waals surface area contributed by atoms with E-state index in [-0.39, 0.29) is 69.8 Å². The predicted molar refractivity (Wildman–Crippen MR) is 142 cm³/mol. The third kappa shape index (κ3) is 5.43. The van der Waals surface area contributed by atoms with Crippen molar-refractivity contribution in [3.05, 3.63) is 23.3 Å². The maximum atomic E-state index is 13.6. The molecule has 0 unspecified atom stereocenters. The number of carboxylic acid groups (broad SMARTS) is 1. The highest BCUT2D eigenvalue weighted by Gasteiger charge is 2.52. The fourth-order valence-electron chi connectivity index (χ4n) is 6.74. The first kappa shape index (κ1) is 27.3. The molecule has 0 radical (unpaired) electrons. The quantitative estimate of drug-likeness (QED) is 0.432. The summed E-state index contributed by atoms with van der Waals surface area (Å²) in [5, 5.41) is 25.6. The fourth-order valence-corrected chi connectivity index (χ4v) is 6.74. The lowest BCUT2D eigenvalue weighted by molar-refractivity contribution is -0.150. The zero-order valence-corrected chi connectivity index (χ0v) is 23.0. The van der Waals surface area contributed by atoms with Gasteiger partial charge in [0.05, 0.1) is 35.7 Å². The van der Waals surface area contributed by atoms with Crippen LogP contribution in [0.4, 0.5) is 0 Å². The van der Waals surface area contributed by atoms with Gasteiger partial charge in [0.25, 0.3) is 5.91 Å². The van der Waals surface area contributed by atoms with Crippen molar-refractivity contribution in [3.8, 4) is 17.6 Å². The summed E-state index contributed by atoms with van der Waals surface area (Å²) >= 11 is 0. The second kappa shape index (κ2) is 10.4. The molecule has 1 aromatic carbocycles.